The van der Waals surface area contributed by atoms with Crippen molar-refractivity contribution in [3.8, 4) is 5.75 Å². The second-order valence-corrected chi connectivity index (χ2v) is 7.85. The van der Waals surface area contributed by atoms with Crippen LogP contribution in [0.3, 0.4) is 0 Å². The Hall–Kier alpha value is -3.12. The van der Waals surface area contributed by atoms with Crippen LogP contribution in [-0.2, 0) is 26.6 Å². The summed E-state index contributed by atoms with van der Waals surface area (Å²) in [5.74, 6) is 0.828. The summed E-state index contributed by atoms with van der Waals surface area (Å²) in [4.78, 5) is 19.5. The van der Waals surface area contributed by atoms with Gasteiger partial charge >= 0.3 is 0 Å². The van der Waals surface area contributed by atoms with Crippen LogP contribution in [0.5, 0.6) is 5.75 Å². The zero-order valence-corrected chi connectivity index (χ0v) is 17.8. The third kappa shape index (κ3) is 4.24. The Bertz CT molecular complexity index is 1030. The Balaban J connectivity index is 1.46. The van der Waals surface area contributed by atoms with E-state index in [2.05, 4.69) is 27.3 Å². The molecule has 0 fully saturated rings. The minimum Gasteiger partial charge on any atom is -0.497 e. The van der Waals surface area contributed by atoms with E-state index in [-0.39, 0.29) is 11.9 Å². The minimum atomic E-state index is -0.0947. The fraction of sp³-hybridized carbons (Fsp3) is 0.333. The molecule has 1 aliphatic heterocycles. The normalized spacial score (nSPS) is 14.8. The average molecular weight is 405 g/mol. The molecule has 6 heteroatoms. The molecule has 0 radical (unpaired) electrons. The van der Waals surface area contributed by atoms with Gasteiger partial charge in [-0.25, -0.2) is 0 Å². The molecule has 0 bridgehead atoms. The monoisotopic (exact) mass is 404 g/mol. The van der Waals surface area contributed by atoms with Crippen LogP contribution in [0.2, 0.25) is 0 Å². The fourth-order valence-corrected chi connectivity index (χ4v) is 4.12. The number of amides is 1. The van der Waals surface area contributed by atoms with Gasteiger partial charge in [0.1, 0.15) is 11.4 Å². The number of methoxy groups -OCH3 is 1. The van der Waals surface area contributed by atoms with E-state index < -0.39 is 0 Å². The topological polar surface area (TPSA) is 59.4 Å². The molecule has 30 heavy (non-hydrogen) atoms. The Kier molecular flexibility index (Phi) is 5.86. The van der Waals surface area contributed by atoms with E-state index in [0.717, 1.165) is 37.4 Å². The molecular formula is C24H28N4O2. The number of fused-ring (bicyclic) bond motifs is 1. The SMILES string of the molecule is COc1cccc(CN2CCc3c(cc(C(=O)NC(C)c4cccnc4)n3C)C2)c1. The second-order valence-electron chi connectivity index (χ2n) is 7.85. The molecule has 0 saturated heterocycles. The molecule has 1 unspecified atom stereocenters. The first-order valence-corrected chi connectivity index (χ1v) is 10.3. The molecule has 3 aromatic rings. The second kappa shape index (κ2) is 8.71. The zero-order valence-electron chi connectivity index (χ0n) is 17.8. The summed E-state index contributed by atoms with van der Waals surface area (Å²) in [6, 6.07) is 14.0. The molecule has 3 heterocycles. The zero-order chi connectivity index (χ0) is 21.1. The largest absolute Gasteiger partial charge is 0.497 e. The van der Waals surface area contributed by atoms with Crippen molar-refractivity contribution in [2.45, 2.75) is 32.5 Å². The lowest BCUT2D eigenvalue weighted by atomic mass is 10.1. The van der Waals surface area contributed by atoms with Crippen molar-refractivity contribution < 1.29 is 9.53 Å². The smallest absolute Gasteiger partial charge is 0.268 e. The predicted molar refractivity (Wildman–Crippen MR) is 116 cm³/mol. The third-order valence-corrected chi connectivity index (χ3v) is 5.81. The van der Waals surface area contributed by atoms with Gasteiger partial charge in [0.25, 0.3) is 5.91 Å². The number of pyridine rings is 1. The highest BCUT2D eigenvalue weighted by atomic mass is 16.5. The van der Waals surface area contributed by atoms with Gasteiger partial charge in [0.15, 0.2) is 0 Å². The number of ether oxygens (including phenoxy) is 1. The van der Waals surface area contributed by atoms with Crippen LogP contribution >= 0.6 is 0 Å². The lowest BCUT2D eigenvalue weighted by molar-refractivity contribution is 0.0931. The van der Waals surface area contributed by atoms with E-state index >= 15 is 0 Å². The van der Waals surface area contributed by atoms with Gasteiger partial charge in [-0.05, 0) is 47.9 Å². The number of carbonyl (C=O) groups is 1. The van der Waals surface area contributed by atoms with Gasteiger partial charge in [-0.1, -0.05) is 18.2 Å². The van der Waals surface area contributed by atoms with E-state index in [1.165, 1.54) is 16.8 Å². The number of nitrogens with one attached hydrogen (secondary N) is 1. The number of rotatable bonds is 6. The van der Waals surface area contributed by atoms with Crippen LogP contribution in [0.4, 0.5) is 0 Å². The quantitative estimate of drug-likeness (QED) is 0.683. The summed E-state index contributed by atoms with van der Waals surface area (Å²) >= 11 is 0. The van der Waals surface area contributed by atoms with Crippen LogP contribution in [0.1, 0.15) is 45.8 Å². The van der Waals surface area contributed by atoms with Gasteiger partial charge < -0.3 is 14.6 Å². The number of aromatic nitrogens is 2. The highest BCUT2D eigenvalue weighted by molar-refractivity contribution is 5.93. The molecule has 4 rings (SSSR count). The minimum absolute atomic E-state index is 0.0531. The first kappa shape index (κ1) is 20.2. The van der Waals surface area contributed by atoms with Gasteiger partial charge in [0, 0.05) is 51.2 Å². The van der Waals surface area contributed by atoms with Crippen LogP contribution in [0.15, 0.2) is 54.9 Å². The van der Waals surface area contributed by atoms with E-state index in [4.69, 9.17) is 4.74 Å². The van der Waals surface area contributed by atoms with Gasteiger partial charge in [-0.2, -0.15) is 0 Å². The van der Waals surface area contributed by atoms with Crippen molar-refractivity contribution in [1.82, 2.24) is 19.8 Å². The van der Waals surface area contributed by atoms with Crippen molar-refractivity contribution in [2.24, 2.45) is 7.05 Å². The molecular weight excluding hydrogens is 376 g/mol. The summed E-state index contributed by atoms with van der Waals surface area (Å²) in [5.41, 5.74) is 5.41. The number of benzene rings is 1. The van der Waals surface area contributed by atoms with Crippen molar-refractivity contribution >= 4 is 5.91 Å². The molecule has 0 aliphatic carbocycles. The fourth-order valence-electron chi connectivity index (χ4n) is 4.12. The summed E-state index contributed by atoms with van der Waals surface area (Å²) < 4.78 is 7.38. The lowest BCUT2D eigenvalue weighted by Crippen LogP contribution is -2.30. The Morgan fingerprint density at radius 1 is 1.27 bits per heavy atom. The van der Waals surface area contributed by atoms with Gasteiger partial charge in [-0.3, -0.25) is 14.7 Å². The molecule has 2 aromatic heterocycles. The summed E-state index contributed by atoms with van der Waals surface area (Å²) in [6.07, 6.45) is 4.46. The lowest BCUT2D eigenvalue weighted by Gasteiger charge is -2.27. The molecule has 1 amide bonds. The molecule has 1 N–H and O–H groups in total. The van der Waals surface area contributed by atoms with Gasteiger partial charge in [-0.15, -0.1) is 0 Å². The van der Waals surface area contributed by atoms with Crippen molar-refractivity contribution in [3.05, 3.63) is 82.9 Å². The number of hydrogen-bond donors (Lipinski definition) is 1. The average Bonchev–Trinajstić information content (AvgIpc) is 3.10. The van der Waals surface area contributed by atoms with E-state index in [0.29, 0.717) is 5.69 Å². The van der Waals surface area contributed by atoms with Crippen molar-refractivity contribution in [2.75, 3.05) is 13.7 Å². The van der Waals surface area contributed by atoms with Crippen molar-refractivity contribution in [1.29, 1.82) is 0 Å². The van der Waals surface area contributed by atoms with Crippen LogP contribution in [0, 0.1) is 0 Å². The first-order chi connectivity index (χ1) is 14.5. The summed E-state index contributed by atoms with van der Waals surface area (Å²) in [6.45, 7) is 4.65. The van der Waals surface area contributed by atoms with E-state index in [1.807, 2.05) is 48.9 Å². The molecule has 6 nitrogen and oxygen atoms in total. The van der Waals surface area contributed by atoms with Crippen molar-refractivity contribution in [3.63, 3.8) is 0 Å². The first-order valence-electron chi connectivity index (χ1n) is 10.3. The molecule has 0 spiro atoms. The number of nitrogens with zero attached hydrogens (tertiary/aromatic N) is 3. The summed E-state index contributed by atoms with van der Waals surface area (Å²) in [5, 5.41) is 3.10. The highest BCUT2D eigenvalue weighted by Crippen LogP contribution is 2.25. The standard InChI is InChI=1S/C24H28N4O2/c1-17(19-7-5-10-25-14-19)26-24(29)23-13-20-16-28(11-9-22(20)27(23)2)15-18-6-4-8-21(12-18)30-3/h4-8,10,12-14,17H,9,11,15-16H2,1-3H3,(H,26,29). The maximum Gasteiger partial charge on any atom is 0.268 e. The van der Waals surface area contributed by atoms with Gasteiger partial charge in [0.2, 0.25) is 0 Å². The van der Waals surface area contributed by atoms with Crippen LogP contribution in [-0.4, -0.2) is 34.0 Å². The predicted octanol–water partition coefficient (Wildman–Crippen LogP) is 3.48. The molecule has 1 atom stereocenters. The maximum absolute atomic E-state index is 12.9. The van der Waals surface area contributed by atoms with Crippen LogP contribution < -0.4 is 10.1 Å². The highest BCUT2D eigenvalue weighted by Gasteiger charge is 2.24. The third-order valence-electron chi connectivity index (χ3n) is 5.81. The van der Waals surface area contributed by atoms with E-state index in [1.54, 1.807) is 19.5 Å². The number of carbonyl (C=O) groups excluding carboxylic acids is 1. The maximum atomic E-state index is 12.9. The Morgan fingerprint density at radius 2 is 2.13 bits per heavy atom. The summed E-state index contributed by atoms with van der Waals surface area (Å²) in [7, 11) is 3.68. The molecule has 1 aromatic carbocycles. The number of hydrogen-bond acceptors (Lipinski definition) is 4. The molecule has 156 valence electrons. The molecule has 0 saturated carbocycles. The Labute approximate surface area is 177 Å². The van der Waals surface area contributed by atoms with E-state index in [9.17, 15) is 4.79 Å². The van der Waals surface area contributed by atoms with Crippen LogP contribution in [0.25, 0.3) is 0 Å². The Morgan fingerprint density at radius 3 is 2.90 bits per heavy atom. The van der Waals surface area contributed by atoms with Gasteiger partial charge in [0.05, 0.1) is 13.2 Å². The molecule has 1 aliphatic rings.